The second-order valence-electron chi connectivity index (χ2n) is 7.19. The van der Waals surface area contributed by atoms with E-state index >= 15 is 0 Å². The third-order valence-electron chi connectivity index (χ3n) is 5.17. The quantitative estimate of drug-likeness (QED) is 0.423. The highest BCUT2D eigenvalue weighted by Gasteiger charge is 2.22. The molecule has 0 heterocycles. The number of thiocarbonyl (C=S) groups is 1. The minimum absolute atomic E-state index is 0.196. The van der Waals surface area contributed by atoms with Crippen LogP contribution in [0.5, 0.6) is 17.2 Å². The first-order chi connectivity index (χ1) is 15.6. The van der Waals surface area contributed by atoms with E-state index < -0.39 is 0 Å². The van der Waals surface area contributed by atoms with Crippen molar-refractivity contribution >= 4 is 17.3 Å². The molecule has 0 aliphatic carbocycles. The maximum atomic E-state index is 6.64. The molecule has 0 saturated heterocycles. The number of benzene rings is 3. The van der Waals surface area contributed by atoms with E-state index in [1.807, 2.05) is 72.8 Å². The third-order valence-corrected chi connectivity index (χ3v) is 5.43. The van der Waals surface area contributed by atoms with Gasteiger partial charge in [0.05, 0.1) is 33.4 Å². The lowest BCUT2D eigenvalue weighted by Crippen LogP contribution is -2.41. The number of hydrogen-bond acceptors (Lipinski definition) is 5. The average molecular weight is 452 g/mol. The molecule has 0 unspecified atom stereocenters. The van der Waals surface area contributed by atoms with Crippen LogP contribution in [0.25, 0.3) is 0 Å². The molecule has 0 radical (unpaired) electrons. The fourth-order valence-corrected chi connectivity index (χ4v) is 3.72. The lowest BCUT2D eigenvalue weighted by Gasteiger charge is -2.27. The standard InChI is InChI=1S/C25H29N3O3S/c1-29-20-14-17(15-21(30-2)24(20)31-3)16-27-25(32)28-23(19-12-8-5-9-13-19)22(26)18-10-6-4-7-11-18/h4-15,22-23H,16,26H2,1-3H3,(H2,27,28,32)/t22-,23-/m0/s1. The second-order valence-corrected chi connectivity index (χ2v) is 7.59. The van der Waals surface area contributed by atoms with Gasteiger partial charge in [0, 0.05) is 6.54 Å². The predicted molar refractivity (Wildman–Crippen MR) is 131 cm³/mol. The normalized spacial score (nSPS) is 12.4. The highest BCUT2D eigenvalue weighted by molar-refractivity contribution is 7.80. The first kappa shape index (κ1) is 23.4. The largest absolute Gasteiger partial charge is 0.493 e. The van der Waals surface area contributed by atoms with E-state index in [0.29, 0.717) is 28.9 Å². The Hall–Kier alpha value is -3.29. The fraction of sp³-hybridized carbons (Fsp3) is 0.240. The summed E-state index contributed by atoms with van der Waals surface area (Å²) in [4.78, 5) is 0. The minimum atomic E-state index is -0.278. The number of ether oxygens (including phenoxy) is 3. The van der Waals surface area contributed by atoms with Gasteiger partial charge in [-0.15, -0.1) is 0 Å². The van der Waals surface area contributed by atoms with Gasteiger partial charge in [0.2, 0.25) is 5.75 Å². The van der Waals surface area contributed by atoms with E-state index in [2.05, 4.69) is 10.6 Å². The molecule has 3 aromatic carbocycles. The molecule has 3 rings (SSSR count). The summed E-state index contributed by atoms with van der Waals surface area (Å²) in [6.45, 7) is 0.477. The molecule has 7 heteroatoms. The molecule has 0 saturated carbocycles. The van der Waals surface area contributed by atoms with E-state index in [1.54, 1.807) is 21.3 Å². The summed E-state index contributed by atoms with van der Waals surface area (Å²) in [5.41, 5.74) is 9.66. The van der Waals surface area contributed by atoms with E-state index in [1.165, 1.54) is 0 Å². The van der Waals surface area contributed by atoms with Crippen LogP contribution in [0.4, 0.5) is 0 Å². The number of rotatable bonds is 9. The van der Waals surface area contributed by atoms with E-state index in [9.17, 15) is 0 Å². The smallest absolute Gasteiger partial charge is 0.203 e. The Balaban J connectivity index is 1.75. The summed E-state index contributed by atoms with van der Waals surface area (Å²) < 4.78 is 16.2. The van der Waals surface area contributed by atoms with Crippen LogP contribution in [-0.2, 0) is 6.54 Å². The predicted octanol–water partition coefficient (Wildman–Crippen LogP) is 4.12. The maximum absolute atomic E-state index is 6.64. The molecule has 0 amide bonds. The lowest BCUT2D eigenvalue weighted by atomic mass is 9.94. The van der Waals surface area contributed by atoms with Gasteiger partial charge in [0.15, 0.2) is 16.6 Å². The molecule has 0 aliphatic heterocycles. The van der Waals surface area contributed by atoms with Gasteiger partial charge in [0.1, 0.15) is 0 Å². The Morgan fingerprint density at radius 1 is 0.844 bits per heavy atom. The summed E-state index contributed by atoms with van der Waals surface area (Å²) in [6, 6.07) is 23.4. The summed E-state index contributed by atoms with van der Waals surface area (Å²) >= 11 is 5.60. The highest BCUT2D eigenvalue weighted by atomic mass is 32.1. The van der Waals surface area contributed by atoms with Crippen molar-refractivity contribution in [2.45, 2.75) is 18.6 Å². The Bertz CT molecular complexity index is 990. The Labute approximate surface area is 194 Å². The second kappa shape index (κ2) is 11.4. The zero-order chi connectivity index (χ0) is 22.9. The van der Waals surface area contributed by atoms with Gasteiger partial charge in [-0.25, -0.2) is 0 Å². The van der Waals surface area contributed by atoms with Crippen molar-refractivity contribution in [3.63, 3.8) is 0 Å². The van der Waals surface area contributed by atoms with Crippen molar-refractivity contribution in [3.05, 3.63) is 89.5 Å². The molecule has 4 N–H and O–H groups in total. The van der Waals surface area contributed by atoms with Crippen LogP contribution in [-0.4, -0.2) is 26.4 Å². The van der Waals surface area contributed by atoms with E-state index in [0.717, 1.165) is 16.7 Å². The van der Waals surface area contributed by atoms with E-state index in [-0.39, 0.29) is 12.1 Å². The number of hydrogen-bond donors (Lipinski definition) is 3. The van der Waals surface area contributed by atoms with Gasteiger partial charge in [0.25, 0.3) is 0 Å². The molecule has 0 aliphatic rings. The van der Waals surface area contributed by atoms with Crippen molar-refractivity contribution in [3.8, 4) is 17.2 Å². The summed E-state index contributed by atoms with van der Waals surface area (Å²) in [6.07, 6.45) is 0. The summed E-state index contributed by atoms with van der Waals surface area (Å²) in [7, 11) is 4.77. The topological polar surface area (TPSA) is 77.8 Å². The van der Waals surface area contributed by atoms with Gasteiger partial charge in [-0.3, -0.25) is 0 Å². The Kier molecular flexibility index (Phi) is 8.30. The summed E-state index contributed by atoms with van der Waals surface area (Å²) in [5.74, 6) is 1.74. The van der Waals surface area contributed by atoms with Gasteiger partial charge in [-0.1, -0.05) is 60.7 Å². The number of methoxy groups -OCH3 is 3. The van der Waals surface area contributed by atoms with Crippen molar-refractivity contribution in [2.75, 3.05) is 21.3 Å². The van der Waals surface area contributed by atoms with E-state index in [4.69, 9.17) is 32.2 Å². The van der Waals surface area contributed by atoms with Crippen LogP contribution >= 0.6 is 12.2 Å². The molecule has 0 fully saturated rings. The van der Waals surface area contributed by atoms with Crippen LogP contribution in [0.2, 0.25) is 0 Å². The lowest BCUT2D eigenvalue weighted by molar-refractivity contribution is 0.323. The Morgan fingerprint density at radius 3 is 1.88 bits per heavy atom. The average Bonchev–Trinajstić information content (AvgIpc) is 2.85. The van der Waals surface area contributed by atoms with Crippen molar-refractivity contribution in [1.82, 2.24) is 10.6 Å². The maximum Gasteiger partial charge on any atom is 0.203 e. The Morgan fingerprint density at radius 2 is 1.38 bits per heavy atom. The molecule has 6 nitrogen and oxygen atoms in total. The highest BCUT2D eigenvalue weighted by Crippen LogP contribution is 2.38. The molecule has 168 valence electrons. The van der Waals surface area contributed by atoms with Crippen molar-refractivity contribution in [1.29, 1.82) is 0 Å². The summed E-state index contributed by atoms with van der Waals surface area (Å²) in [5, 5.41) is 7.15. The van der Waals surface area contributed by atoms with Crippen LogP contribution in [0.1, 0.15) is 28.8 Å². The first-order valence-electron chi connectivity index (χ1n) is 10.3. The zero-order valence-electron chi connectivity index (χ0n) is 18.5. The fourth-order valence-electron chi connectivity index (χ4n) is 3.52. The first-order valence-corrected chi connectivity index (χ1v) is 10.7. The molecule has 0 spiro atoms. The van der Waals surface area contributed by atoms with Gasteiger partial charge < -0.3 is 30.6 Å². The number of nitrogens with one attached hydrogen (secondary N) is 2. The van der Waals surface area contributed by atoms with Crippen LogP contribution in [0.3, 0.4) is 0 Å². The SMILES string of the molecule is COc1cc(CNC(=S)N[C@@H](c2ccccc2)[C@@H](N)c2ccccc2)cc(OC)c1OC. The van der Waals surface area contributed by atoms with Gasteiger partial charge in [-0.05, 0) is 41.0 Å². The molecule has 0 bridgehead atoms. The van der Waals surface area contributed by atoms with Crippen molar-refractivity contribution in [2.24, 2.45) is 5.73 Å². The molecule has 32 heavy (non-hydrogen) atoms. The van der Waals surface area contributed by atoms with Crippen LogP contribution in [0, 0.1) is 0 Å². The number of nitrogens with two attached hydrogens (primary N) is 1. The molecule has 3 aromatic rings. The van der Waals surface area contributed by atoms with Gasteiger partial charge >= 0.3 is 0 Å². The molecule has 0 aromatic heterocycles. The third kappa shape index (κ3) is 5.69. The van der Waals surface area contributed by atoms with Crippen molar-refractivity contribution < 1.29 is 14.2 Å². The zero-order valence-corrected chi connectivity index (χ0v) is 19.3. The van der Waals surface area contributed by atoms with Gasteiger partial charge in [-0.2, -0.15) is 0 Å². The molecular weight excluding hydrogens is 422 g/mol. The molecule has 2 atom stereocenters. The minimum Gasteiger partial charge on any atom is -0.493 e. The van der Waals surface area contributed by atoms with Crippen LogP contribution < -0.4 is 30.6 Å². The monoisotopic (exact) mass is 451 g/mol. The van der Waals surface area contributed by atoms with Crippen LogP contribution in [0.15, 0.2) is 72.8 Å². The molecular formula is C25H29N3O3S.